The number of rotatable bonds is 2. The molecule has 0 aromatic rings. The van der Waals surface area contributed by atoms with E-state index in [1.807, 2.05) is 0 Å². The van der Waals surface area contributed by atoms with Crippen molar-refractivity contribution in [1.82, 2.24) is 0 Å². The van der Waals surface area contributed by atoms with E-state index >= 15 is 0 Å². The summed E-state index contributed by atoms with van der Waals surface area (Å²) in [6.07, 6.45) is -1.30. The third kappa shape index (κ3) is 3.04. The van der Waals surface area contributed by atoms with Gasteiger partial charge < -0.3 is 28.8 Å². The second-order valence-corrected chi connectivity index (χ2v) is 7.02. The smallest absolute Gasteiger partial charge is 0.330 e. The van der Waals surface area contributed by atoms with Crippen molar-refractivity contribution in [1.29, 1.82) is 0 Å². The highest BCUT2D eigenvalue weighted by Gasteiger charge is 2.64. The molecule has 1 N–H and O–H groups in total. The van der Waals surface area contributed by atoms with Gasteiger partial charge in [0, 0.05) is 6.08 Å². The molecular formula is C16H24O7. The molecule has 0 aromatic carbocycles. The van der Waals surface area contributed by atoms with Gasteiger partial charge in [0.05, 0.1) is 0 Å². The van der Waals surface area contributed by atoms with Gasteiger partial charge in [0.2, 0.25) is 0 Å². The van der Waals surface area contributed by atoms with Crippen LogP contribution >= 0.6 is 0 Å². The van der Waals surface area contributed by atoms with E-state index in [4.69, 9.17) is 23.7 Å². The van der Waals surface area contributed by atoms with Crippen LogP contribution in [-0.2, 0) is 28.5 Å². The SMILES string of the molecule is C/C=C/C(=O)O[C@H]1[C@H](O)[C@H]2OC(C)(C)O[C@H]2[C@@H]2OC(C)(C)O[C@@H]21. The summed E-state index contributed by atoms with van der Waals surface area (Å²) in [6.45, 7) is 8.81. The van der Waals surface area contributed by atoms with Crippen molar-refractivity contribution in [2.24, 2.45) is 0 Å². The van der Waals surface area contributed by atoms with Crippen molar-refractivity contribution in [2.45, 2.75) is 82.8 Å². The monoisotopic (exact) mass is 328 g/mol. The zero-order valence-electron chi connectivity index (χ0n) is 14.0. The first-order chi connectivity index (χ1) is 10.6. The fraction of sp³-hybridized carbons (Fsp3) is 0.812. The second kappa shape index (κ2) is 5.53. The standard InChI is InChI=1S/C16H24O7/c1-6-7-8(17)19-10-9(18)11-13(22-15(2,3)20-11)14-12(10)21-16(4,5)23-14/h6-7,9-14,18H,1-5H3/b7-6+/t9-,10-,11+,12+,13+,14+/m0/s1. The first-order valence-corrected chi connectivity index (χ1v) is 7.86. The van der Waals surface area contributed by atoms with Gasteiger partial charge in [0.25, 0.3) is 0 Å². The third-order valence-corrected chi connectivity index (χ3v) is 4.20. The zero-order valence-corrected chi connectivity index (χ0v) is 14.0. The molecule has 0 spiro atoms. The van der Waals surface area contributed by atoms with Crippen LogP contribution in [0.2, 0.25) is 0 Å². The molecule has 0 radical (unpaired) electrons. The van der Waals surface area contributed by atoms with Gasteiger partial charge in [0.15, 0.2) is 17.7 Å². The molecule has 3 aliphatic rings. The molecule has 3 fully saturated rings. The van der Waals surface area contributed by atoms with Crippen molar-refractivity contribution in [3.63, 3.8) is 0 Å². The fourth-order valence-electron chi connectivity index (χ4n) is 3.49. The van der Waals surface area contributed by atoms with Crippen LogP contribution in [0.15, 0.2) is 12.2 Å². The second-order valence-electron chi connectivity index (χ2n) is 7.02. The lowest BCUT2D eigenvalue weighted by molar-refractivity contribution is -0.196. The minimum Gasteiger partial charge on any atom is -0.453 e. The lowest BCUT2D eigenvalue weighted by Crippen LogP contribution is -2.62. The van der Waals surface area contributed by atoms with Crippen LogP contribution in [0, 0.1) is 0 Å². The Morgan fingerprint density at radius 1 is 0.957 bits per heavy atom. The Kier molecular flexibility index (Phi) is 4.05. The van der Waals surface area contributed by atoms with Gasteiger partial charge >= 0.3 is 5.97 Å². The maximum atomic E-state index is 11.8. The molecule has 3 rings (SSSR count). The van der Waals surface area contributed by atoms with Crippen LogP contribution < -0.4 is 0 Å². The molecule has 0 bridgehead atoms. The highest BCUT2D eigenvalue weighted by atomic mass is 16.8. The largest absolute Gasteiger partial charge is 0.453 e. The maximum Gasteiger partial charge on any atom is 0.330 e. The van der Waals surface area contributed by atoms with Gasteiger partial charge in [-0.25, -0.2) is 4.79 Å². The van der Waals surface area contributed by atoms with Crippen LogP contribution in [-0.4, -0.2) is 59.3 Å². The van der Waals surface area contributed by atoms with E-state index in [0.717, 1.165) is 0 Å². The van der Waals surface area contributed by atoms with Crippen molar-refractivity contribution < 1.29 is 33.6 Å². The van der Waals surface area contributed by atoms with E-state index in [9.17, 15) is 9.90 Å². The Balaban J connectivity index is 1.89. The van der Waals surface area contributed by atoms with Gasteiger partial charge in [0.1, 0.15) is 30.5 Å². The van der Waals surface area contributed by atoms with Gasteiger partial charge in [-0.1, -0.05) is 6.08 Å². The molecule has 130 valence electrons. The van der Waals surface area contributed by atoms with Gasteiger partial charge in [-0.05, 0) is 34.6 Å². The van der Waals surface area contributed by atoms with Crippen LogP contribution in [0.1, 0.15) is 34.6 Å². The van der Waals surface area contributed by atoms with Crippen LogP contribution in [0.3, 0.4) is 0 Å². The van der Waals surface area contributed by atoms with Gasteiger partial charge in [-0.15, -0.1) is 0 Å². The van der Waals surface area contributed by atoms with Crippen LogP contribution in [0.25, 0.3) is 0 Å². The summed E-state index contributed by atoms with van der Waals surface area (Å²) >= 11 is 0. The average Bonchev–Trinajstić information content (AvgIpc) is 2.91. The average molecular weight is 328 g/mol. The Hall–Kier alpha value is -0.990. The summed E-state index contributed by atoms with van der Waals surface area (Å²) in [7, 11) is 0. The Bertz CT molecular complexity index is 513. The predicted molar refractivity (Wildman–Crippen MR) is 78.4 cm³/mol. The minimum atomic E-state index is -1.06. The number of aliphatic hydroxyl groups is 1. The summed E-state index contributed by atoms with van der Waals surface area (Å²) in [5, 5.41) is 10.7. The van der Waals surface area contributed by atoms with Crippen molar-refractivity contribution in [3.8, 4) is 0 Å². The first kappa shape index (κ1) is 16.9. The number of carbonyl (C=O) groups is 1. The topological polar surface area (TPSA) is 83.5 Å². The predicted octanol–water partition coefficient (Wildman–Crippen LogP) is 0.889. The van der Waals surface area contributed by atoms with Crippen LogP contribution in [0.5, 0.6) is 0 Å². The quantitative estimate of drug-likeness (QED) is 0.595. The van der Waals surface area contributed by atoms with Gasteiger partial charge in [-0.2, -0.15) is 0 Å². The number of aliphatic hydroxyl groups excluding tert-OH is 1. The first-order valence-electron chi connectivity index (χ1n) is 7.86. The molecule has 7 nitrogen and oxygen atoms in total. The van der Waals surface area contributed by atoms with E-state index in [1.54, 1.807) is 40.7 Å². The number of hydrogen-bond acceptors (Lipinski definition) is 7. The summed E-state index contributed by atoms with van der Waals surface area (Å²) in [6, 6.07) is 0. The number of esters is 1. The highest BCUT2D eigenvalue weighted by molar-refractivity contribution is 5.82. The van der Waals surface area contributed by atoms with E-state index in [-0.39, 0.29) is 0 Å². The molecule has 1 saturated carbocycles. The van der Waals surface area contributed by atoms with Crippen molar-refractivity contribution in [2.75, 3.05) is 0 Å². The molecule has 6 atom stereocenters. The number of carbonyl (C=O) groups excluding carboxylic acids is 1. The lowest BCUT2D eigenvalue weighted by atomic mass is 9.85. The third-order valence-electron chi connectivity index (χ3n) is 4.20. The highest BCUT2D eigenvalue weighted by Crippen LogP contribution is 2.45. The summed E-state index contributed by atoms with van der Waals surface area (Å²) in [5.41, 5.74) is 0. The zero-order chi connectivity index (χ0) is 17.0. The van der Waals surface area contributed by atoms with E-state index in [1.165, 1.54) is 6.08 Å². The fourth-order valence-corrected chi connectivity index (χ4v) is 3.49. The Morgan fingerprint density at radius 2 is 1.43 bits per heavy atom. The number of hydrogen-bond donors (Lipinski definition) is 1. The maximum absolute atomic E-state index is 11.8. The number of ether oxygens (including phenoxy) is 5. The van der Waals surface area contributed by atoms with Crippen molar-refractivity contribution in [3.05, 3.63) is 12.2 Å². The van der Waals surface area contributed by atoms with Crippen LogP contribution in [0.4, 0.5) is 0 Å². The molecule has 23 heavy (non-hydrogen) atoms. The molecule has 0 amide bonds. The molecule has 2 saturated heterocycles. The Labute approximate surface area is 135 Å². The summed E-state index contributed by atoms with van der Waals surface area (Å²) in [4.78, 5) is 11.8. The molecule has 0 aromatic heterocycles. The molecular weight excluding hydrogens is 304 g/mol. The van der Waals surface area contributed by atoms with E-state index < -0.39 is 54.2 Å². The number of allylic oxidation sites excluding steroid dienone is 1. The minimum absolute atomic E-state index is 0.483. The molecule has 2 heterocycles. The van der Waals surface area contributed by atoms with Gasteiger partial charge in [-0.3, -0.25) is 0 Å². The lowest BCUT2D eigenvalue weighted by Gasteiger charge is -2.40. The van der Waals surface area contributed by atoms with E-state index in [0.29, 0.717) is 0 Å². The molecule has 0 unspecified atom stereocenters. The summed E-state index contributed by atoms with van der Waals surface area (Å²) in [5.74, 6) is -2.25. The summed E-state index contributed by atoms with van der Waals surface area (Å²) < 4.78 is 28.9. The normalized spacial score (nSPS) is 44.1. The Morgan fingerprint density at radius 3 is 2.00 bits per heavy atom. The van der Waals surface area contributed by atoms with E-state index in [2.05, 4.69) is 0 Å². The molecule has 2 aliphatic heterocycles. The van der Waals surface area contributed by atoms with Crippen molar-refractivity contribution >= 4 is 5.97 Å². The molecule has 1 aliphatic carbocycles. The molecule has 7 heteroatoms. The number of fused-ring (bicyclic) bond motifs is 3.